The summed E-state index contributed by atoms with van der Waals surface area (Å²) in [6, 6.07) is 8.63. The van der Waals surface area contributed by atoms with Crippen LogP contribution >= 0.6 is 0 Å². The lowest BCUT2D eigenvalue weighted by Crippen LogP contribution is -2.23. The van der Waals surface area contributed by atoms with Crippen LogP contribution in [0.25, 0.3) is 0 Å². The van der Waals surface area contributed by atoms with Gasteiger partial charge in [0.05, 0.1) is 11.0 Å². The van der Waals surface area contributed by atoms with Crippen LogP contribution in [0.3, 0.4) is 0 Å². The molecule has 1 saturated carbocycles. The van der Waals surface area contributed by atoms with Gasteiger partial charge in [-0.25, -0.2) is 8.42 Å². The Hall–Kier alpha value is -1.34. The number of nitrogens with zero attached hydrogens (tertiary/aromatic N) is 1. The van der Waals surface area contributed by atoms with Crippen molar-refractivity contribution >= 4 is 9.84 Å². The van der Waals surface area contributed by atoms with Crippen LogP contribution in [0.15, 0.2) is 29.2 Å². The molecule has 0 aromatic heterocycles. The standard InChI is InChI=1S/C12H13NO2S/c1-9-3-5-11(6-4-9)16(14,15)12(8-13)7-10(12)2/h3-6,10H,7H2,1-2H3. The zero-order valence-electron chi connectivity index (χ0n) is 9.27. The zero-order chi connectivity index (χ0) is 12.0. The van der Waals surface area contributed by atoms with E-state index in [1.807, 2.05) is 13.0 Å². The number of rotatable bonds is 2. The highest BCUT2D eigenvalue weighted by molar-refractivity contribution is 7.93. The van der Waals surface area contributed by atoms with Crippen molar-refractivity contribution in [2.24, 2.45) is 5.92 Å². The van der Waals surface area contributed by atoms with Crippen molar-refractivity contribution in [2.75, 3.05) is 0 Å². The second-order valence-corrected chi connectivity index (χ2v) is 6.63. The van der Waals surface area contributed by atoms with E-state index in [2.05, 4.69) is 0 Å². The van der Waals surface area contributed by atoms with E-state index in [-0.39, 0.29) is 10.8 Å². The molecule has 1 fully saturated rings. The molecule has 3 nitrogen and oxygen atoms in total. The Bertz CT molecular complexity index is 554. The Morgan fingerprint density at radius 3 is 2.25 bits per heavy atom. The number of nitriles is 1. The van der Waals surface area contributed by atoms with Crippen molar-refractivity contribution in [3.05, 3.63) is 29.8 Å². The highest BCUT2D eigenvalue weighted by Crippen LogP contribution is 2.51. The number of sulfone groups is 1. The third-order valence-electron chi connectivity index (χ3n) is 3.25. The molecule has 1 aromatic carbocycles. The van der Waals surface area contributed by atoms with E-state index in [4.69, 9.17) is 5.26 Å². The maximum atomic E-state index is 12.2. The summed E-state index contributed by atoms with van der Waals surface area (Å²) < 4.78 is 23.3. The topological polar surface area (TPSA) is 57.9 Å². The van der Waals surface area contributed by atoms with Crippen molar-refractivity contribution in [3.63, 3.8) is 0 Å². The van der Waals surface area contributed by atoms with Crippen molar-refractivity contribution in [2.45, 2.75) is 29.9 Å². The second kappa shape index (κ2) is 3.33. The van der Waals surface area contributed by atoms with E-state index < -0.39 is 14.6 Å². The summed E-state index contributed by atoms with van der Waals surface area (Å²) in [5, 5.41) is 9.05. The van der Waals surface area contributed by atoms with Gasteiger partial charge in [-0.2, -0.15) is 5.26 Å². The van der Waals surface area contributed by atoms with Crippen LogP contribution in [0, 0.1) is 24.2 Å². The van der Waals surface area contributed by atoms with Crippen molar-refractivity contribution in [1.29, 1.82) is 5.26 Å². The molecule has 2 atom stereocenters. The van der Waals surface area contributed by atoms with Crippen LogP contribution in [-0.2, 0) is 9.84 Å². The number of hydrogen-bond donors (Lipinski definition) is 0. The molecule has 4 heteroatoms. The molecule has 1 aromatic rings. The molecule has 1 aliphatic carbocycles. The van der Waals surface area contributed by atoms with E-state index in [1.54, 1.807) is 31.2 Å². The third-order valence-corrected chi connectivity index (χ3v) is 5.76. The lowest BCUT2D eigenvalue weighted by atomic mass is 10.2. The predicted octanol–water partition coefficient (Wildman–Crippen LogP) is 2.07. The van der Waals surface area contributed by atoms with Crippen LogP contribution < -0.4 is 0 Å². The van der Waals surface area contributed by atoms with Gasteiger partial charge in [0.2, 0.25) is 0 Å². The van der Waals surface area contributed by atoms with E-state index >= 15 is 0 Å². The highest BCUT2D eigenvalue weighted by Gasteiger charge is 2.62. The molecule has 16 heavy (non-hydrogen) atoms. The first-order valence-electron chi connectivity index (χ1n) is 5.16. The van der Waals surface area contributed by atoms with Crippen molar-refractivity contribution in [1.82, 2.24) is 0 Å². The number of aryl methyl sites for hydroxylation is 1. The van der Waals surface area contributed by atoms with Gasteiger partial charge in [0.1, 0.15) is 0 Å². The predicted molar refractivity (Wildman–Crippen MR) is 60.5 cm³/mol. The lowest BCUT2D eigenvalue weighted by Gasteiger charge is -2.09. The maximum absolute atomic E-state index is 12.2. The van der Waals surface area contributed by atoms with Gasteiger partial charge in [-0.15, -0.1) is 0 Å². The first kappa shape index (κ1) is 11.2. The SMILES string of the molecule is Cc1ccc(S(=O)(=O)C2(C#N)CC2C)cc1. The minimum atomic E-state index is -3.50. The normalized spacial score (nSPS) is 28.4. The first-order chi connectivity index (χ1) is 7.44. The largest absolute Gasteiger partial charge is 0.222 e. The molecule has 0 N–H and O–H groups in total. The van der Waals surface area contributed by atoms with Gasteiger partial charge in [0, 0.05) is 0 Å². The molecule has 0 amide bonds. The van der Waals surface area contributed by atoms with E-state index in [0.29, 0.717) is 6.42 Å². The molecule has 84 valence electrons. The Labute approximate surface area is 95.6 Å². The van der Waals surface area contributed by atoms with Gasteiger partial charge in [0.15, 0.2) is 14.6 Å². The fraction of sp³-hybridized carbons (Fsp3) is 0.417. The van der Waals surface area contributed by atoms with Gasteiger partial charge < -0.3 is 0 Å². The molecule has 0 aliphatic heterocycles. The lowest BCUT2D eigenvalue weighted by molar-refractivity contribution is 0.584. The van der Waals surface area contributed by atoms with Crippen LogP contribution in [0.5, 0.6) is 0 Å². The average molecular weight is 235 g/mol. The Kier molecular flexibility index (Phi) is 2.32. The second-order valence-electron chi connectivity index (χ2n) is 4.42. The maximum Gasteiger partial charge on any atom is 0.197 e. The molecular formula is C12H13NO2S. The van der Waals surface area contributed by atoms with E-state index in [1.165, 1.54) is 0 Å². The Morgan fingerprint density at radius 2 is 1.88 bits per heavy atom. The number of hydrogen-bond acceptors (Lipinski definition) is 3. The molecule has 0 radical (unpaired) electrons. The van der Waals surface area contributed by atoms with Crippen LogP contribution in [0.1, 0.15) is 18.9 Å². The summed E-state index contributed by atoms with van der Waals surface area (Å²) >= 11 is 0. The smallest absolute Gasteiger partial charge is 0.197 e. The summed E-state index contributed by atoms with van der Waals surface area (Å²) in [5.74, 6) is -0.0659. The number of benzene rings is 1. The minimum Gasteiger partial charge on any atom is -0.222 e. The van der Waals surface area contributed by atoms with Gasteiger partial charge in [-0.1, -0.05) is 24.6 Å². The van der Waals surface area contributed by atoms with Gasteiger partial charge >= 0.3 is 0 Å². The molecule has 0 spiro atoms. The molecule has 2 unspecified atom stereocenters. The average Bonchev–Trinajstić information content (AvgIpc) is 2.92. The summed E-state index contributed by atoms with van der Waals surface area (Å²) in [4.78, 5) is 0.254. The van der Waals surface area contributed by atoms with Crippen LogP contribution in [0.2, 0.25) is 0 Å². The van der Waals surface area contributed by atoms with E-state index in [9.17, 15) is 8.42 Å². The monoisotopic (exact) mass is 235 g/mol. The molecule has 1 aliphatic rings. The van der Waals surface area contributed by atoms with E-state index in [0.717, 1.165) is 5.56 Å². The van der Waals surface area contributed by atoms with Crippen LogP contribution in [-0.4, -0.2) is 13.2 Å². The minimum absolute atomic E-state index is 0.0659. The quantitative estimate of drug-likeness (QED) is 0.788. The summed E-state index contributed by atoms with van der Waals surface area (Å²) in [5.41, 5.74) is 1.01. The molecule has 0 bridgehead atoms. The van der Waals surface area contributed by atoms with Crippen molar-refractivity contribution in [3.8, 4) is 6.07 Å². The highest BCUT2D eigenvalue weighted by atomic mass is 32.2. The fourth-order valence-electron chi connectivity index (χ4n) is 1.91. The third kappa shape index (κ3) is 1.35. The summed E-state index contributed by atoms with van der Waals surface area (Å²) in [7, 11) is -3.50. The first-order valence-corrected chi connectivity index (χ1v) is 6.65. The Morgan fingerprint density at radius 1 is 1.38 bits per heavy atom. The Balaban J connectivity index is 2.49. The zero-order valence-corrected chi connectivity index (χ0v) is 10.1. The fourth-order valence-corrected chi connectivity index (χ4v) is 3.95. The van der Waals surface area contributed by atoms with Crippen molar-refractivity contribution < 1.29 is 8.42 Å². The summed E-state index contributed by atoms with van der Waals surface area (Å²) in [6.07, 6.45) is 0.444. The van der Waals surface area contributed by atoms with Crippen LogP contribution in [0.4, 0.5) is 0 Å². The molecule has 0 saturated heterocycles. The van der Waals surface area contributed by atoms with Gasteiger partial charge in [-0.3, -0.25) is 0 Å². The van der Waals surface area contributed by atoms with Gasteiger partial charge in [-0.05, 0) is 31.4 Å². The molecule has 0 heterocycles. The molecule has 2 rings (SSSR count). The van der Waals surface area contributed by atoms with Gasteiger partial charge in [0.25, 0.3) is 0 Å². The summed E-state index contributed by atoms with van der Waals surface area (Å²) in [6.45, 7) is 3.70. The molecular weight excluding hydrogens is 222 g/mol.